The fourth-order valence-corrected chi connectivity index (χ4v) is 5.53. The van der Waals surface area contributed by atoms with E-state index in [1.165, 1.54) is 23.1 Å². The van der Waals surface area contributed by atoms with E-state index in [0.717, 1.165) is 5.69 Å². The Morgan fingerprint density at radius 2 is 2.08 bits per heavy atom. The van der Waals surface area contributed by atoms with Crippen molar-refractivity contribution in [3.05, 3.63) is 30.3 Å². The smallest absolute Gasteiger partial charge is 0.230 e. The van der Waals surface area contributed by atoms with Crippen LogP contribution >= 0.6 is 23.1 Å². The minimum absolute atomic E-state index is 0.0351. The van der Waals surface area contributed by atoms with Crippen molar-refractivity contribution < 1.29 is 13.2 Å². The molecule has 0 spiro atoms. The lowest BCUT2D eigenvalue weighted by Crippen LogP contribution is -2.36. The zero-order valence-electron chi connectivity index (χ0n) is 12.6. The number of nitrogens with one attached hydrogen (secondary N) is 2. The third kappa shape index (κ3) is 4.92. The van der Waals surface area contributed by atoms with Crippen LogP contribution in [0.25, 0.3) is 0 Å². The molecule has 1 aromatic carbocycles. The lowest BCUT2D eigenvalue weighted by atomic mass is 10.3. The summed E-state index contributed by atoms with van der Waals surface area (Å²) < 4.78 is 23.4. The van der Waals surface area contributed by atoms with E-state index in [4.69, 9.17) is 0 Å². The zero-order chi connectivity index (χ0) is 17.0. The summed E-state index contributed by atoms with van der Waals surface area (Å²) in [6.07, 6.45) is 0.489. The molecule has 1 aliphatic heterocycles. The van der Waals surface area contributed by atoms with Crippen LogP contribution in [0.5, 0.6) is 0 Å². The average molecular weight is 385 g/mol. The average Bonchev–Trinajstić information content (AvgIpc) is 3.12. The number of nitrogens with zero attached hydrogens (tertiary/aromatic N) is 2. The summed E-state index contributed by atoms with van der Waals surface area (Å²) in [5, 5.41) is 14.6. The van der Waals surface area contributed by atoms with Crippen molar-refractivity contribution >= 4 is 49.7 Å². The fourth-order valence-electron chi connectivity index (χ4n) is 2.27. The summed E-state index contributed by atoms with van der Waals surface area (Å²) in [6.45, 7) is 0. The van der Waals surface area contributed by atoms with Gasteiger partial charge in [-0.15, -0.1) is 10.2 Å². The summed E-state index contributed by atoms with van der Waals surface area (Å²) in [4.78, 5) is 11.9. The second-order valence-electron chi connectivity index (χ2n) is 5.32. The molecule has 3 rings (SSSR count). The first-order chi connectivity index (χ1) is 11.5. The highest BCUT2D eigenvalue weighted by atomic mass is 32.2. The quantitative estimate of drug-likeness (QED) is 0.731. The molecular weight excluding hydrogens is 368 g/mol. The van der Waals surface area contributed by atoms with Crippen LogP contribution in [-0.2, 0) is 14.6 Å². The van der Waals surface area contributed by atoms with Crippen LogP contribution in [0.15, 0.2) is 34.7 Å². The summed E-state index contributed by atoms with van der Waals surface area (Å²) >= 11 is 2.65. The van der Waals surface area contributed by atoms with Crippen LogP contribution in [-0.4, -0.2) is 47.8 Å². The number of carbonyl (C=O) groups excluding carboxylic acids is 1. The maximum Gasteiger partial charge on any atom is 0.230 e. The number of sulfone groups is 1. The summed E-state index contributed by atoms with van der Waals surface area (Å²) in [5.41, 5.74) is 0.922. The Hall–Kier alpha value is -1.65. The normalized spacial score (nSPS) is 19.1. The van der Waals surface area contributed by atoms with Crippen molar-refractivity contribution in [1.29, 1.82) is 0 Å². The molecule has 1 aromatic heterocycles. The van der Waals surface area contributed by atoms with Gasteiger partial charge in [0.15, 0.2) is 14.2 Å². The van der Waals surface area contributed by atoms with Gasteiger partial charge in [0.05, 0.1) is 17.3 Å². The first kappa shape index (κ1) is 17.2. The third-order valence-corrected chi connectivity index (χ3v) is 7.10. The molecule has 0 aliphatic carbocycles. The van der Waals surface area contributed by atoms with Crippen molar-refractivity contribution in [2.45, 2.75) is 16.8 Å². The Morgan fingerprint density at radius 1 is 1.29 bits per heavy atom. The molecule has 1 fully saturated rings. The predicted octanol–water partition coefficient (Wildman–Crippen LogP) is 1.68. The highest BCUT2D eigenvalue weighted by molar-refractivity contribution is 8.01. The van der Waals surface area contributed by atoms with Gasteiger partial charge < -0.3 is 10.6 Å². The number of anilines is 2. The lowest BCUT2D eigenvalue weighted by molar-refractivity contribution is -0.119. The van der Waals surface area contributed by atoms with Crippen molar-refractivity contribution in [3.8, 4) is 0 Å². The Kier molecular flexibility index (Phi) is 5.36. The van der Waals surface area contributed by atoms with E-state index in [-0.39, 0.29) is 29.2 Å². The van der Waals surface area contributed by atoms with Crippen LogP contribution in [0.1, 0.15) is 6.42 Å². The van der Waals surface area contributed by atoms with Crippen LogP contribution in [0.3, 0.4) is 0 Å². The van der Waals surface area contributed by atoms with Gasteiger partial charge in [-0.1, -0.05) is 41.3 Å². The summed E-state index contributed by atoms with van der Waals surface area (Å²) in [7, 11) is -2.98. The Morgan fingerprint density at radius 3 is 2.79 bits per heavy atom. The van der Waals surface area contributed by atoms with Crippen molar-refractivity contribution in [2.75, 3.05) is 22.6 Å². The van der Waals surface area contributed by atoms with E-state index in [1.54, 1.807) is 0 Å². The minimum atomic E-state index is -2.98. The largest absolute Gasteiger partial charge is 0.352 e. The second kappa shape index (κ2) is 7.49. The molecule has 0 bridgehead atoms. The highest BCUT2D eigenvalue weighted by Crippen LogP contribution is 2.27. The van der Waals surface area contributed by atoms with Crippen LogP contribution < -0.4 is 10.6 Å². The number of hydrogen-bond acceptors (Lipinski definition) is 8. The van der Waals surface area contributed by atoms with E-state index in [0.29, 0.717) is 15.9 Å². The molecule has 0 radical (unpaired) electrons. The van der Waals surface area contributed by atoms with Crippen molar-refractivity contribution in [1.82, 2.24) is 15.5 Å². The Balaban J connectivity index is 1.46. The number of thioether (sulfide) groups is 1. The monoisotopic (exact) mass is 384 g/mol. The number of amides is 1. The van der Waals surface area contributed by atoms with E-state index >= 15 is 0 Å². The molecule has 0 saturated carbocycles. The number of hydrogen-bond donors (Lipinski definition) is 2. The van der Waals surface area contributed by atoms with Gasteiger partial charge in [-0.05, 0) is 18.6 Å². The van der Waals surface area contributed by atoms with Gasteiger partial charge in [0.2, 0.25) is 11.0 Å². The first-order valence-electron chi connectivity index (χ1n) is 7.28. The fraction of sp³-hybridized carbons (Fsp3) is 0.357. The van der Waals surface area contributed by atoms with Gasteiger partial charge in [-0.2, -0.15) is 0 Å². The molecule has 10 heteroatoms. The third-order valence-electron chi connectivity index (χ3n) is 3.36. The van der Waals surface area contributed by atoms with Gasteiger partial charge in [0.1, 0.15) is 0 Å². The van der Waals surface area contributed by atoms with E-state index in [2.05, 4.69) is 20.8 Å². The molecule has 2 heterocycles. The number of carbonyl (C=O) groups is 1. The standard InChI is InChI=1S/C14H16N4O3S3/c19-12(15-11-6-7-24(20,21)9-11)8-22-14-18-17-13(23-14)16-10-4-2-1-3-5-10/h1-5,11H,6-9H2,(H,15,19)(H,16,17)/t11-/m1/s1. The molecule has 24 heavy (non-hydrogen) atoms. The van der Waals surface area contributed by atoms with Crippen molar-refractivity contribution in [3.63, 3.8) is 0 Å². The van der Waals surface area contributed by atoms with Crippen LogP contribution in [0.2, 0.25) is 0 Å². The Labute approximate surface area is 148 Å². The molecule has 1 saturated heterocycles. The minimum Gasteiger partial charge on any atom is -0.352 e. The molecule has 1 atom stereocenters. The van der Waals surface area contributed by atoms with E-state index < -0.39 is 9.84 Å². The van der Waals surface area contributed by atoms with Gasteiger partial charge in [-0.3, -0.25) is 4.79 Å². The Bertz CT molecular complexity index is 808. The molecule has 1 aliphatic rings. The van der Waals surface area contributed by atoms with Gasteiger partial charge in [-0.25, -0.2) is 8.42 Å². The molecule has 1 amide bonds. The van der Waals surface area contributed by atoms with E-state index in [1.807, 2.05) is 30.3 Å². The lowest BCUT2D eigenvalue weighted by Gasteiger charge is -2.09. The molecule has 0 unspecified atom stereocenters. The maximum atomic E-state index is 11.9. The highest BCUT2D eigenvalue weighted by Gasteiger charge is 2.28. The van der Waals surface area contributed by atoms with Gasteiger partial charge >= 0.3 is 0 Å². The molecular formula is C14H16N4O3S3. The molecule has 2 aromatic rings. The second-order valence-corrected chi connectivity index (χ2v) is 9.75. The number of rotatable bonds is 6. The maximum absolute atomic E-state index is 11.9. The van der Waals surface area contributed by atoms with Gasteiger partial charge in [0, 0.05) is 11.7 Å². The summed E-state index contributed by atoms with van der Waals surface area (Å²) in [6, 6.07) is 9.36. The van der Waals surface area contributed by atoms with Crippen LogP contribution in [0, 0.1) is 0 Å². The molecule has 2 N–H and O–H groups in total. The molecule has 128 valence electrons. The zero-order valence-corrected chi connectivity index (χ0v) is 15.1. The predicted molar refractivity (Wildman–Crippen MR) is 95.6 cm³/mol. The summed E-state index contributed by atoms with van der Waals surface area (Å²) in [5.74, 6) is 0.190. The van der Waals surface area contributed by atoms with Crippen molar-refractivity contribution in [2.24, 2.45) is 0 Å². The SMILES string of the molecule is O=C(CSc1nnc(Nc2ccccc2)s1)N[C@@H]1CCS(=O)(=O)C1. The number of para-hydroxylation sites is 1. The van der Waals surface area contributed by atoms with Gasteiger partial charge in [0.25, 0.3) is 0 Å². The topological polar surface area (TPSA) is 101 Å². The number of aromatic nitrogens is 2. The molecule has 7 nitrogen and oxygen atoms in total. The van der Waals surface area contributed by atoms with Crippen LogP contribution in [0.4, 0.5) is 10.8 Å². The first-order valence-corrected chi connectivity index (χ1v) is 10.9. The number of benzene rings is 1. The van der Waals surface area contributed by atoms with E-state index in [9.17, 15) is 13.2 Å².